The molecule has 6 atom stereocenters. The second-order valence-electron chi connectivity index (χ2n) is 4.86. The van der Waals surface area contributed by atoms with Crippen molar-refractivity contribution in [3.05, 3.63) is 0 Å². The van der Waals surface area contributed by atoms with Gasteiger partial charge >= 0.3 is 10.4 Å². The highest BCUT2D eigenvalue weighted by Gasteiger charge is 2.44. The third-order valence-corrected chi connectivity index (χ3v) is 4.20. The quantitative estimate of drug-likeness (QED) is 0.123. The highest BCUT2D eigenvalue weighted by atomic mass is 32.3. The Morgan fingerprint density at radius 1 is 1.30 bits per heavy atom. The summed E-state index contributed by atoms with van der Waals surface area (Å²) in [6.07, 6.45) is -7.05. The summed E-state index contributed by atoms with van der Waals surface area (Å²) >= 11 is 0.603. The van der Waals surface area contributed by atoms with E-state index in [1.807, 2.05) is 0 Å². The Morgan fingerprint density at radius 3 is 2.39 bits per heavy atom. The van der Waals surface area contributed by atoms with Crippen LogP contribution in [0.25, 0.3) is 0 Å². The first-order chi connectivity index (χ1) is 10.5. The molecule has 0 bridgehead atoms. The zero-order valence-corrected chi connectivity index (χ0v) is 13.6. The molecule has 136 valence electrons. The number of nitrogens with zero attached hydrogens (tertiary/aromatic N) is 1. The summed E-state index contributed by atoms with van der Waals surface area (Å²) in [6, 6.07) is 0. The summed E-state index contributed by atoms with van der Waals surface area (Å²) in [5, 5.41) is 50.6. The fraction of sp³-hybridized carbons (Fsp3) is 0.900. The topological polar surface area (TPSA) is 186 Å². The summed E-state index contributed by atoms with van der Waals surface area (Å²) in [6.45, 7) is 0.739. The molecule has 0 radical (unpaired) electrons. The van der Waals surface area contributed by atoms with Crippen LogP contribution in [-0.2, 0) is 19.4 Å². The Labute approximate surface area is 136 Å². The number of aliphatic hydroxyl groups is 5. The van der Waals surface area contributed by atoms with E-state index in [0.29, 0.717) is 11.8 Å². The van der Waals surface area contributed by atoms with Crippen LogP contribution in [-0.4, -0.2) is 86.1 Å². The van der Waals surface area contributed by atoms with Crippen LogP contribution in [0.5, 0.6) is 0 Å². The standard InChI is InChI=1S/C10H19NO10S2/c1-4(13)2-6(11-21-23(17,18)19)22-10-9(16)8(15)7(14)5(3-12)20-10/h4-5,7-10,12-16H,2-3H2,1H3,(H,17,18,19). The van der Waals surface area contributed by atoms with Crippen molar-refractivity contribution in [1.29, 1.82) is 0 Å². The number of rotatable bonds is 6. The van der Waals surface area contributed by atoms with E-state index < -0.39 is 53.0 Å². The average Bonchev–Trinajstić information content (AvgIpc) is 2.44. The lowest BCUT2D eigenvalue weighted by molar-refractivity contribution is -0.205. The summed E-state index contributed by atoms with van der Waals surface area (Å²) < 4.78 is 38.6. The molecule has 1 saturated heterocycles. The summed E-state index contributed by atoms with van der Waals surface area (Å²) in [5.74, 6) is 0. The van der Waals surface area contributed by atoms with E-state index in [2.05, 4.69) is 9.44 Å². The number of hydrogen-bond acceptors (Lipinski definition) is 11. The Morgan fingerprint density at radius 2 is 1.91 bits per heavy atom. The van der Waals surface area contributed by atoms with E-state index >= 15 is 0 Å². The number of ether oxygens (including phenoxy) is 1. The zero-order valence-electron chi connectivity index (χ0n) is 12.0. The molecule has 23 heavy (non-hydrogen) atoms. The van der Waals surface area contributed by atoms with Crippen molar-refractivity contribution >= 4 is 27.2 Å². The van der Waals surface area contributed by atoms with Crippen molar-refractivity contribution in [2.24, 2.45) is 5.16 Å². The van der Waals surface area contributed by atoms with Crippen molar-refractivity contribution in [1.82, 2.24) is 0 Å². The molecule has 6 unspecified atom stereocenters. The van der Waals surface area contributed by atoms with E-state index in [0.717, 1.165) is 0 Å². The van der Waals surface area contributed by atoms with Gasteiger partial charge in [0.2, 0.25) is 0 Å². The predicted molar refractivity (Wildman–Crippen MR) is 77.7 cm³/mol. The molecule has 0 spiro atoms. The summed E-state index contributed by atoms with van der Waals surface area (Å²) in [4.78, 5) is 0. The third-order valence-electron chi connectivity index (χ3n) is 2.80. The second-order valence-corrected chi connectivity index (χ2v) is 7.03. The van der Waals surface area contributed by atoms with Crippen molar-refractivity contribution in [3.63, 3.8) is 0 Å². The van der Waals surface area contributed by atoms with E-state index in [1.165, 1.54) is 6.92 Å². The fourth-order valence-corrected chi connectivity index (χ4v) is 3.16. The zero-order chi connectivity index (χ0) is 17.8. The van der Waals surface area contributed by atoms with E-state index in [1.54, 1.807) is 0 Å². The highest BCUT2D eigenvalue weighted by Crippen LogP contribution is 2.30. The Balaban J connectivity index is 2.88. The summed E-state index contributed by atoms with van der Waals surface area (Å²) in [7, 11) is -4.86. The lowest BCUT2D eigenvalue weighted by Gasteiger charge is -2.39. The van der Waals surface area contributed by atoms with Crippen molar-refractivity contribution in [2.45, 2.75) is 49.3 Å². The molecule has 0 aromatic heterocycles. The number of aliphatic hydroxyl groups excluding tert-OH is 5. The molecule has 0 aliphatic carbocycles. The van der Waals surface area contributed by atoms with Gasteiger partial charge in [-0.05, 0) is 6.92 Å². The molecule has 1 fully saturated rings. The summed E-state index contributed by atoms with van der Waals surface area (Å²) in [5.41, 5.74) is -1.23. The van der Waals surface area contributed by atoms with E-state index in [-0.39, 0.29) is 11.5 Å². The van der Waals surface area contributed by atoms with Gasteiger partial charge in [-0.2, -0.15) is 8.42 Å². The molecule has 0 saturated carbocycles. The van der Waals surface area contributed by atoms with Crippen LogP contribution in [0, 0.1) is 0 Å². The maximum atomic E-state index is 10.5. The lowest BCUT2D eigenvalue weighted by atomic mass is 10.0. The van der Waals surface area contributed by atoms with Gasteiger partial charge < -0.3 is 30.3 Å². The minimum atomic E-state index is -4.86. The molecule has 0 aromatic rings. The second kappa shape index (κ2) is 8.55. The van der Waals surface area contributed by atoms with E-state index in [9.17, 15) is 28.8 Å². The monoisotopic (exact) mass is 377 g/mol. The molecule has 1 aliphatic rings. The Bertz CT molecular complexity index is 508. The maximum absolute atomic E-state index is 10.5. The largest absolute Gasteiger partial charge is 0.466 e. The van der Waals surface area contributed by atoms with Gasteiger partial charge in [0.25, 0.3) is 0 Å². The molecule has 1 aliphatic heterocycles. The molecule has 1 heterocycles. The molecule has 11 nitrogen and oxygen atoms in total. The Hall–Kier alpha value is -0.510. The first kappa shape index (κ1) is 20.5. The minimum Gasteiger partial charge on any atom is -0.394 e. The van der Waals surface area contributed by atoms with Gasteiger partial charge in [0.05, 0.1) is 12.7 Å². The van der Waals surface area contributed by atoms with Gasteiger partial charge in [-0.25, -0.2) is 4.28 Å². The predicted octanol–water partition coefficient (Wildman–Crippen LogP) is -2.58. The molecule has 0 aromatic carbocycles. The van der Waals surface area contributed by atoms with Gasteiger partial charge in [-0.1, -0.05) is 16.9 Å². The van der Waals surface area contributed by atoms with Crippen molar-refractivity contribution in [3.8, 4) is 0 Å². The van der Waals surface area contributed by atoms with Gasteiger partial charge in [-0.15, -0.1) is 0 Å². The minimum absolute atomic E-state index is 0.165. The number of thioether (sulfide) groups is 1. The normalized spacial score (nSPS) is 34.2. The highest BCUT2D eigenvalue weighted by molar-refractivity contribution is 8.14. The fourth-order valence-electron chi connectivity index (χ4n) is 1.75. The number of oxime groups is 1. The van der Waals surface area contributed by atoms with Crippen LogP contribution < -0.4 is 0 Å². The average molecular weight is 377 g/mol. The van der Waals surface area contributed by atoms with Gasteiger partial charge in [0.15, 0.2) is 0 Å². The molecular weight excluding hydrogens is 358 g/mol. The lowest BCUT2D eigenvalue weighted by Crippen LogP contribution is -2.57. The Kier molecular flexibility index (Phi) is 7.63. The van der Waals surface area contributed by atoms with Crippen LogP contribution >= 0.6 is 11.8 Å². The van der Waals surface area contributed by atoms with Crippen LogP contribution in [0.2, 0.25) is 0 Å². The van der Waals surface area contributed by atoms with Gasteiger partial charge in [-0.3, -0.25) is 4.55 Å². The first-order valence-corrected chi connectivity index (χ1v) is 8.67. The van der Waals surface area contributed by atoms with Gasteiger partial charge in [0, 0.05) is 6.42 Å². The van der Waals surface area contributed by atoms with Gasteiger partial charge in [0.1, 0.15) is 34.9 Å². The molecule has 0 amide bonds. The maximum Gasteiger partial charge on any atom is 0.466 e. The van der Waals surface area contributed by atoms with Crippen molar-refractivity contribution in [2.75, 3.05) is 6.61 Å². The van der Waals surface area contributed by atoms with Crippen molar-refractivity contribution < 1.29 is 47.5 Å². The molecule has 1 rings (SSSR count). The molecule has 6 N–H and O–H groups in total. The molecule has 13 heteroatoms. The van der Waals surface area contributed by atoms with Crippen LogP contribution in [0.3, 0.4) is 0 Å². The SMILES string of the molecule is CC(O)CC(=NOS(=O)(=O)O)SC1OC(CO)C(O)C(O)C1O. The van der Waals surface area contributed by atoms with E-state index in [4.69, 9.17) is 14.4 Å². The third kappa shape index (κ3) is 6.48. The smallest absolute Gasteiger partial charge is 0.394 e. The first-order valence-electron chi connectivity index (χ1n) is 6.43. The number of hydrogen-bond donors (Lipinski definition) is 6. The van der Waals surface area contributed by atoms with Crippen LogP contribution in [0.1, 0.15) is 13.3 Å². The molecular formula is C10H19NO10S2. The van der Waals surface area contributed by atoms with Crippen LogP contribution in [0.4, 0.5) is 0 Å². The van der Waals surface area contributed by atoms with Crippen LogP contribution in [0.15, 0.2) is 5.16 Å².